The van der Waals surface area contributed by atoms with Gasteiger partial charge >= 0.3 is 0 Å². The fraction of sp³-hybridized carbons (Fsp3) is 0.460. The predicted octanol–water partition coefficient (Wildman–Crippen LogP) is 25.7. The standard InChI is InChI=1S/C100H128O6/c1-26-27-80-30-34-97(70(16)44-80)106-100(89-52-74(20)99(75(21)53-89)105-78(24)93(85-33-37-96(73(19)51-85)104-59(4)5)57-102-94-35-31-83(49-71(94)17)64(10)43-81-29-28-60(6)61(7)40-81)77(23)87-45-65(11)91(66(12)46-87)56-92(84-32-36-95(72(18)50-84)103-58(2)3)69(15)54-90-67(13)47-88(48-68(90)14)98-79(25)101-39-38-86(98)55-82-41-62(8)76(22)63(9)42-82/h28-37,40-42,44-53,58-59,64,69,77-79,86,92-93,98,100H,26-27,38-39,43,54-57H2,1-25H3. The van der Waals surface area contributed by atoms with Gasteiger partial charge in [-0.25, -0.2) is 0 Å². The summed E-state index contributed by atoms with van der Waals surface area (Å²) in [5.74, 6) is 6.16. The van der Waals surface area contributed by atoms with E-state index < -0.39 is 0 Å². The molecule has 1 heterocycles. The van der Waals surface area contributed by atoms with Crippen molar-refractivity contribution >= 4 is 0 Å². The number of benzene rings is 9. The number of rotatable bonds is 30. The van der Waals surface area contributed by atoms with E-state index >= 15 is 0 Å². The predicted molar refractivity (Wildman–Crippen MR) is 446 cm³/mol. The van der Waals surface area contributed by atoms with Crippen LogP contribution in [0.4, 0.5) is 0 Å². The van der Waals surface area contributed by atoms with Gasteiger partial charge in [0.1, 0.15) is 41.0 Å². The molecular formula is C100H128O6. The second-order valence-electron chi connectivity index (χ2n) is 33.3. The Morgan fingerprint density at radius 2 is 0.887 bits per heavy atom. The van der Waals surface area contributed by atoms with Gasteiger partial charge in [0.05, 0.1) is 30.8 Å². The van der Waals surface area contributed by atoms with Gasteiger partial charge in [0.15, 0.2) is 0 Å². The van der Waals surface area contributed by atoms with Crippen LogP contribution < -0.4 is 23.7 Å². The molecule has 106 heavy (non-hydrogen) atoms. The van der Waals surface area contributed by atoms with Crippen LogP contribution in [-0.2, 0) is 36.8 Å². The highest BCUT2D eigenvalue weighted by atomic mass is 16.5. The van der Waals surface area contributed by atoms with E-state index in [1.165, 1.54) is 106 Å². The average Bonchev–Trinajstić information content (AvgIpc) is 0.790. The molecule has 0 amide bonds. The molecule has 0 saturated carbocycles. The van der Waals surface area contributed by atoms with Crippen LogP contribution >= 0.6 is 0 Å². The molecule has 10 rings (SSSR count). The van der Waals surface area contributed by atoms with Gasteiger partial charge in [-0.2, -0.15) is 0 Å². The Labute approximate surface area is 640 Å². The summed E-state index contributed by atoms with van der Waals surface area (Å²) >= 11 is 0. The molecule has 10 unspecified atom stereocenters. The lowest BCUT2D eigenvalue weighted by Crippen LogP contribution is -2.34. The Morgan fingerprint density at radius 3 is 1.45 bits per heavy atom. The van der Waals surface area contributed by atoms with E-state index in [4.69, 9.17) is 28.4 Å². The summed E-state index contributed by atoms with van der Waals surface area (Å²) in [6.45, 7) is 57.3. The molecule has 6 nitrogen and oxygen atoms in total. The van der Waals surface area contributed by atoms with Crippen LogP contribution in [0.2, 0.25) is 0 Å². The third kappa shape index (κ3) is 19.4. The Bertz CT molecular complexity index is 4430. The normalized spacial score (nSPS) is 16.7. The number of hydrogen-bond acceptors (Lipinski definition) is 6. The van der Waals surface area contributed by atoms with Crippen molar-refractivity contribution < 1.29 is 28.4 Å². The minimum atomic E-state index is -0.314. The largest absolute Gasteiger partial charge is 0.493 e. The molecule has 0 N–H and O–H groups in total. The van der Waals surface area contributed by atoms with Gasteiger partial charge < -0.3 is 28.4 Å². The number of hydrogen-bond donors (Lipinski definition) is 0. The van der Waals surface area contributed by atoms with Crippen LogP contribution in [0, 0.1) is 116 Å². The maximum atomic E-state index is 7.48. The number of aryl methyl sites for hydroxylation is 15. The third-order valence-electron chi connectivity index (χ3n) is 23.8. The van der Waals surface area contributed by atoms with Crippen molar-refractivity contribution in [3.63, 3.8) is 0 Å². The van der Waals surface area contributed by atoms with Crippen LogP contribution in [0.3, 0.4) is 0 Å². The Hall–Kier alpha value is -8.06. The van der Waals surface area contributed by atoms with Gasteiger partial charge in [0.25, 0.3) is 0 Å². The third-order valence-corrected chi connectivity index (χ3v) is 23.8. The fourth-order valence-electron chi connectivity index (χ4n) is 17.3. The molecule has 6 heteroatoms. The van der Waals surface area contributed by atoms with Crippen LogP contribution in [0.15, 0.2) is 140 Å². The molecular weight excluding hydrogens is 1300 g/mol. The first-order valence-electron chi connectivity index (χ1n) is 40.1. The first-order chi connectivity index (χ1) is 50.3. The zero-order chi connectivity index (χ0) is 76.7. The second kappa shape index (κ2) is 35.3. The summed E-state index contributed by atoms with van der Waals surface area (Å²) < 4.78 is 40.9. The maximum Gasteiger partial charge on any atom is 0.130 e. The summed E-state index contributed by atoms with van der Waals surface area (Å²) in [4.78, 5) is 0. The van der Waals surface area contributed by atoms with Crippen molar-refractivity contribution in [2.45, 2.75) is 278 Å². The van der Waals surface area contributed by atoms with Crippen LogP contribution in [0.5, 0.6) is 28.7 Å². The lowest BCUT2D eigenvalue weighted by Gasteiger charge is -2.38. The van der Waals surface area contributed by atoms with E-state index in [2.05, 4.69) is 313 Å². The molecule has 1 saturated heterocycles. The summed E-state index contributed by atoms with van der Waals surface area (Å²) in [6, 6.07) is 53.4. The van der Waals surface area contributed by atoms with Gasteiger partial charge in [-0.15, -0.1) is 0 Å². The van der Waals surface area contributed by atoms with E-state index in [9.17, 15) is 0 Å². The highest BCUT2D eigenvalue weighted by Crippen LogP contribution is 2.45. The molecule has 0 aliphatic carbocycles. The maximum absolute atomic E-state index is 7.48. The van der Waals surface area contributed by atoms with Crippen molar-refractivity contribution in [1.82, 2.24) is 0 Å². The van der Waals surface area contributed by atoms with Crippen LogP contribution in [-0.4, -0.2) is 37.6 Å². The van der Waals surface area contributed by atoms with E-state index in [0.717, 1.165) is 119 Å². The molecule has 0 aromatic heterocycles. The highest BCUT2D eigenvalue weighted by molar-refractivity contribution is 5.50. The molecule has 9 aromatic carbocycles. The minimum Gasteiger partial charge on any atom is -0.493 e. The summed E-state index contributed by atoms with van der Waals surface area (Å²) in [5.41, 5.74) is 33.6. The van der Waals surface area contributed by atoms with E-state index in [-0.39, 0.29) is 48.3 Å². The van der Waals surface area contributed by atoms with E-state index in [1.807, 2.05) is 0 Å². The topological polar surface area (TPSA) is 55.4 Å². The van der Waals surface area contributed by atoms with Crippen molar-refractivity contribution in [1.29, 1.82) is 0 Å². The Morgan fingerprint density at radius 1 is 0.406 bits per heavy atom. The molecule has 564 valence electrons. The minimum absolute atomic E-state index is 0.0227. The lowest BCUT2D eigenvalue weighted by atomic mass is 9.73. The summed E-state index contributed by atoms with van der Waals surface area (Å²) in [6.07, 6.45) is 6.87. The molecule has 1 fully saturated rings. The molecule has 1 aliphatic rings. The molecule has 9 aromatic rings. The van der Waals surface area contributed by atoms with Gasteiger partial charge in [0, 0.05) is 18.4 Å². The average molecular weight is 1430 g/mol. The second-order valence-corrected chi connectivity index (χ2v) is 33.3. The fourth-order valence-corrected chi connectivity index (χ4v) is 17.3. The zero-order valence-corrected chi connectivity index (χ0v) is 69.5. The Balaban J connectivity index is 0.942. The van der Waals surface area contributed by atoms with Crippen molar-refractivity contribution in [3.05, 3.63) is 284 Å². The van der Waals surface area contributed by atoms with Crippen molar-refractivity contribution in [2.24, 2.45) is 11.8 Å². The molecule has 1 aliphatic heterocycles. The van der Waals surface area contributed by atoms with Gasteiger partial charge in [-0.3, -0.25) is 0 Å². The van der Waals surface area contributed by atoms with Gasteiger partial charge in [-0.1, -0.05) is 137 Å². The Kier molecular flexibility index (Phi) is 26.8. The first kappa shape index (κ1) is 80.5. The van der Waals surface area contributed by atoms with Crippen molar-refractivity contribution in [2.75, 3.05) is 13.2 Å². The molecule has 10 atom stereocenters. The number of ether oxygens (including phenoxy) is 6. The summed E-state index contributed by atoms with van der Waals surface area (Å²) in [7, 11) is 0. The smallest absolute Gasteiger partial charge is 0.130 e. The first-order valence-corrected chi connectivity index (χ1v) is 40.1. The highest BCUT2D eigenvalue weighted by Gasteiger charge is 2.35. The summed E-state index contributed by atoms with van der Waals surface area (Å²) in [5, 5.41) is 0. The monoisotopic (exact) mass is 1420 g/mol. The molecule has 0 bridgehead atoms. The van der Waals surface area contributed by atoms with Gasteiger partial charge in [0.2, 0.25) is 0 Å². The van der Waals surface area contributed by atoms with Crippen LogP contribution in [0.25, 0.3) is 0 Å². The van der Waals surface area contributed by atoms with Gasteiger partial charge in [-0.05, 0) is 389 Å². The lowest BCUT2D eigenvalue weighted by molar-refractivity contribution is -0.0167. The molecule has 0 spiro atoms. The van der Waals surface area contributed by atoms with Crippen LogP contribution in [0.1, 0.15) is 262 Å². The molecule has 0 radical (unpaired) electrons. The van der Waals surface area contributed by atoms with Crippen molar-refractivity contribution in [3.8, 4) is 28.7 Å². The van der Waals surface area contributed by atoms with E-state index in [1.54, 1.807) is 0 Å². The van der Waals surface area contributed by atoms with E-state index in [0.29, 0.717) is 30.3 Å². The zero-order valence-electron chi connectivity index (χ0n) is 69.5. The quantitative estimate of drug-likeness (QED) is 0.0447. The SMILES string of the molecule is CCCc1ccc(OC(c2cc(C)c(OC(C)C(COc3ccc(C(C)Cc4ccc(C)c(C)c4)cc3C)c3ccc(OC(C)C)c(C)c3)c(C)c2)C(C)c2cc(C)c(CC(c3ccc(OC(C)C)c(C)c3)C(C)Cc3c(C)cc(C4C(Cc5cc(C)c(C)c(C)c5)CCOC4C)cc3C)c(C)c2)c(C)c1.